The Morgan fingerprint density at radius 2 is 2.05 bits per heavy atom. The Balaban J connectivity index is 1.41. The smallest absolute Gasteiger partial charge is 0.255 e. The summed E-state index contributed by atoms with van der Waals surface area (Å²) in [5.74, 6) is -0.0844. The number of likely N-dealkylation sites (tertiary alicyclic amines) is 1. The third-order valence-corrected chi connectivity index (χ3v) is 7.02. The van der Waals surface area contributed by atoms with Gasteiger partial charge in [-0.15, -0.1) is 5.10 Å². The molecule has 0 spiro atoms. The van der Waals surface area contributed by atoms with Gasteiger partial charge in [-0.2, -0.15) is 10.1 Å². The van der Waals surface area contributed by atoms with Gasteiger partial charge in [0.2, 0.25) is 11.8 Å². The third kappa shape index (κ3) is 4.92. The standard InChI is InChI=1S/C24H29F3N8O2/c1-24(12-37-13-24)34-7-5-15(6-8-34)30-23-31-22(36-2)21-20(16(25)11-35(21)33-23)14-3-4-17(32-28)18(9-14)29-10-19(26)27/h3-4,9,11,15,19,28-29H,5-8,10,12-13H2,1-2H3,(H,30,33). The summed E-state index contributed by atoms with van der Waals surface area (Å²) >= 11 is 0. The van der Waals surface area contributed by atoms with E-state index in [1.54, 1.807) is 6.07 Å². The molecule has 0 unspecified atom stereocenters. The number of ether oxygens (including phenoxy) is 2. The lowest BCUT2D eigenvalue weighted by atomic mass is 9.93. The lowest BCUT2D eigenvalue weighted by Gasteiger charge is -2.49. The number of fused-ring (bicyclic) bond motifs is 1. The first-order chi connectivity index (χ1) is 17.8. The van der Waals surface area contributed by atoms with Crippen molar-refractivity contribution >= 4 is 22.8 Å². The maximum absolute atomic E-state index is 15.2. The average molecular weight is 519 g/mol. The summed E-state index contributed by atoms with van der Waals surface area (Å²) in [7, 11) is 1.44. The molecule has 0 saturated carbocycles. The SMILES string of the molecule is COc1nc(NC2CCN(C3(C)COC3)CC2)nn2cc(F)c(-c3ccc(N=N)c(NCC(F)F)c3)c12. The fourth-order valence-electron chi connectivity index (χ4n) is 4.94. The Hall–Kier alpha value is -3.45. The number of aromatic nitrogens is 3. The Morgan fingerprint density at radius 1 is 1.30 bits per heavy atom. The first kappa shape index (κ1) is 25.2. The Labute approximate surface area is 211 Å². The number of halogens is 3. The normalized spacial score (nSPS) is 18.1. The number of piperidine rings is 1. The fraction of sp³-hybridized carbons (Fsp3) is 0.500. The second-order valence-electron chi connectivity index (χ2n) is 9.60. The molecule has 2 aromatic heterocycles. The van der Waals surface area contributed by atoms with Crippen molar-refractivity contribution in [2.45, 2.75) is 37.8 Å². The van der Waals surface area contributed by atoms with E-state index in [2.05, 4.69) is 37.7 Å². The van der Waals surface area contributed by atoms with Crippen molar-refractivity contribution in [3.63, 3.8) is 0 Å². The average Bonchev–Trinajstić information content (AvgIpc) is 3.21. The van der Waals surface area contributed by atoms with Crippen LogP contribution in [0.3, 0.4) is 0 Å². The minimum Gasteiger partial charge on any atom is -0.479 e. The predicted octanol–water partition coefficient (Wildman–Crippen LogP) is 4.55. The molecule has 37 heavy (non-hydrogen) atoms. The van der Waals surface area contributed by atoms with Gasteiger partial charge in [0, 0.05) is 19.1 Å². The van der Waals surface area contributed by atoms with Gasteiger partial charge in [0.1, 0.15) is 11.2 Å². The highest BCUT2D eigenvalue weighted by Gasteiger charge is 2.40. The van der Waals surface area contributed by atoms with Crippen LogP contribution in [-0.4, -0.2) is 77.5 Å². The summed E-state index contributed by atoms with van der Waals surface area (Å²) in [5.41, 5.74) is 8.61. The lowest BCUT2D eigenvalue weighted by molar-refractivity contribution is -0.135. The van der Waals surface area contributed by atoms with E-state index in [1.807, 2.05) is 0 Å². The molecule has 2 aliphatic heterocycles. The molecule has 13 heteroatoms. The second kappa shape index (κ2) is 10.1. The third-order valence-electron chi connectivity index (χ3n) is 7.02. The van der Waals surface area contributed by atoms with E-state index >= 15 is 4.39 Å². The maximum atomic E-state index is 15.2. The summed E-state index contributed by atoms with van der Waals surface area (Å²) in [6, 6.07) is 4.66. The molecule has 0 amide bonds. The number of rotatable bonds is 9. The molecule has 3 aromatic rings. The number of hydrogen-bond donors (Lipinski definition) is 3. The molecule has 0 radical (unpaired) electrons. The molecule has 1 aromatic carbocycles. The quantitative estimate of drug-likeness (QED) is 0.356. The van der Waals surface area contributed by atoms with Crippen molar-refractivity contribution in [1.29, 1.82) is 5.53 Å². The topological polar surface area (TPSA) is 112 Å². The number of nitrogens with one attached hydrogen (secondary N) is 3. The Morgan fingerprint density at radius 3 is 2.68 bits per heavy atom. The second-order valence-corrected chi connectivity index (χ2v) is 9.60. The van der Waals surface area contributed by atoms with Crippen LogP contribution in [0.2, 0.25) is 0 Å². The molecule has 3 N–H and O–H groups in total. The number of hydrogen-bond acceptors (Lipinski definition) is 9. The Kier molecular flexibility index (Phi) is 6.90. The van der Waals surface area contributed by atoms with Crippen LogP contribution in [0.5, 0.6) is 5.88 Å². The van der Waals surface area contributed by atoms with E-state index in [-0.39, 0.29) is 34.4 Å². The van der Waals surface area contributed by atoms with Crippen LogP contribution in [0.1, 0.15) is 19.8 Å². The minimum absolute atomic E-state index is 0.116. The van der Waals surface area contributed by atoms with E-state index in [4.69, 9.17) is 15.0 Å². The molecule has 198 valence electrons. The van der Waals surface area contributed by atoms with Crippen molar-refractivity contribution in [1.82, 2.24) is 19.5 Å². The minimum atomic E-state index is -2.60. The zero-order chi connectivity index (χ0) is 26.2. The van der Waals surface area contributed by atoms with Crippen molar-refractivity contribution < 1.29 is 22.6 Å². The van der Waals surface area contributed by atoms with Gasteiger partial charge >= 0.3 is 0 Å². The van der Waals surface area contributed by atoms with Gasteiger partial charge < -0.3 is 20.1 Å². The molecule has 2 aliphatic rings. The van der Waals surface area contributed by atoms with E-state index < -0.39 is 18.8 Å². The van der Waals surface area contributed by atoms with Gasteiger partial charge in [-0.05, 0) is 37.5 Å². The molecule has 0 atom stereocenters. The van der Waals surface area contributed by atoms with E-state index in [9.17, 15) is 8.78 Å². The zero-order valence-electron chi connectivity index (χ0n) is 20.6. The van der Waals surface area contributed by atoms with E-state index in [0.29, 0.717) is 17.0 Å². The lowest BCUT2D eigenvalue weighted by Crippen LogP contribution is -2.62. The number of anilines is 2. The summed E-state index contributed by atoms with van der Waals surface area (Å²) in [6.07, 6.45) is 0.449. The highest BCUT2D eigenvalue weighted by atomic mass is 19.3. The number of nitrogens with zero attached hydrogens (tertiary/aromatic N) is 5. The molecular formula is C24H29F3N8O2. The molecular weight excluding hydrogens is 489 g/mol. The van der Waals surface area contributed by atoms with Crippen molar-refractivity contribution in [2.24, 2.45) is 5.11 Å². The predicted molar refractivity (Wildman–Crippen MR) is 132 cm³/mol. The van der Waals surface area contributed by atoms with Crippen molar-refractivity contribution in [3.8, 4) is 17.0 Å². The largest absolute Gasteiger partial charge is 0.479 e. The molecule has 5 rings (SSSR count). The molecule has 0 aliphatic carbocycles. The maximum Gasteiger partial charge on any atom is 0.255 e. The van der Waals surface area contributed by atoms with Gasteiger partial charge in [-0.25, -0.2) is 23.2 Å². The number of methoxy groups -OCH3 is 1. The van der Waals surface area contributed by atoms with Crippen LogP contribution < -0.4 is 15.4 Å². The zero-order valence-corrected chi connectivity index (χ0v) is 20.6. The highest BCUT2D eigenvalue weighted by Crippen LogP contribution is 2.38. The number of benzene rings is 1. The van der Waals surface area contributed by atoms with Crippen LogP contribution in [0.25, 0.3) is 16.6 Å². The van der Waals surface area contributed by atoms with Crippen LogP contribution in [0.4, 0.5) is 30.5 Å². The molecule has 2 saturated heterocycles. The van der Waals surface area contributed by atoms with Crippen molar-refractivity contribution in [2.75, 3.05) is 50.6 Å². The van der Waals surface area contributed by atoms with Gasteiger partial charge in [0.15, 0.2) is 5.82 Å². The van der Waals surface area contributed by atoms with Gasteiger partial charge in [-0.1, -0.05) is 6.07 Å². The molecule has 10 nitrogen and oxygen atoms in total. The fourth-order valence-corrected chi connectivity index (χ4v) is 4.94. The summed E-state index contributed by atoms with van der Waals surface area (Å²) in [6.45, 7) is 4.97. The first-order valence-corrected chi connectivity index (χ1v) is 12.1. The molecule has 4 heterocycles. The molecule has 2 fully saturated rings. The molecule has 0 bridgehead atoms. The van der Waals surface area contributed by atoms with E-state index in [1.165, 1.54) is 30.0 Å². The Bertz CT molecular complexity index is 1290. The first-order valence-electron chi connectivity index (χ1n) is 12.1. The van der Waals surface area contributed by atoms with Crippen molar-refractivity contribution in [3.05, 3.63) is 30.2 Å². The van der Waals surface area contributed by atoms with Crippen LogP contribution in [-0.2, 0) is 4.74 Å². The summed E-state index contributed by atoms with van der Waals surface area (Å²) in [4.78, 5) is 6.95. The highest BCUT2D eigenvalue weighted by molar-refractivity contribution is 5.88. The van der Waals surface area contributed by atoms with Crippen LogP contribution in [0.15, 0.2) is 29.5 Å². The summed E-state index contributed by atoms with van der Waals surface area (Å²) < 4.78 is 53.0. The van der Waals surface area contributed by atoms with E-state index in [0.717, 1.165) is 39.1 Å². The summed E-state index contributed by atoms with van der Waals surface area (Å²) in [5, 5.41) is 13.8. The van der Waals surface area contributed by atoms with Crippen LogP contribution in [0, 0.1) is 11.3 Å². The van der Waals surface area contributed by atoms with Gasteiger partial charge in [0.05, 0.1) is 49.9 Å². The van der Waals surface area contributed by atoms with Crippen LogP contribution >= 0.6 is 0 Å². The monoisotopic (exact) mass is 518 g/mol. The number of alkyl halides is 2. The van der Waals surface area contributed by atoms with Gasteiger partial charge in [-0.3, -0.25) is 4.90 Å². The van der Waals surface area contributed by atoms with Gasteiger partial charge in [0.25, 0.3) is 6.43 Å².